The molecule has 8 heteroatoms. The second kappa shape index (κ2) is 7.15. The molecule has 1 aliphatic heterocycles. The summed E-state index contributed by atoms with van der Waals surface area (Å²) in [7, 11) is 0. The third-order valence-electron chi connectivity index (χ3n) is 3.02. The molecule has 0 spiro atoms. The van der Waals surface area contributed by atoms with Gasteiger partial charge < -0.3 is 10.1 Å². The molecule has 23 heavy (non-hydrogen) atoms. The summed E-state index contributed by atoms with van der Waals surface area (Å²) in [6.07, 6.45) is -6.45. The maximum atomic E-state index is 12.3. The fraction of sp³-hybridized carbons (Fsp3) is 0.333. The van der Waals surface area contributed by atoms with Crippen LogP contribution in [0.15, 0.2) is 30.3 Å². The van der Waals surface area contributed by atoms with Gasteiger partial charge in [0.2, 0.25) is 0 Å². The maximum Gasteiger partial charge on any atom is 0.491 e. The van der Waals surface area contributed by atoms with Crippen LogP contribution in [0.25, 0.3) is 0 Å². The lowest BCUT2D eigenvalue weighted by Gasteiger charge is -2.34. The molecule has 1 aromatic rings. The zero-order valence-electron chi connectivity index (χ0n) is 11.9. The Morgan fingerprint density at radius 2 is 1.96 bits per heavy atom. The van der Waals surface area contributed by atoms with Gasteiger partial charge in [0, 0.05) is 24.6 Å². The lowest BCUT2D eigenvalue weighted by molar-refractivity contribution is -0.213. The number of rotatable bonds is 1. The number of hydrogen-bond donors (Lipinski definition) is 1. The zero-order chi connectivity index (χ0) is 16.9. The van der Waals surface area contributed by atoms with Crippen LogP contribution in [-0.4, -0.2) is 48.8 Å². The molecule has 5 nitrogen and oxygen atoms in total. The van der Waals surface area contributed by atoms with E-state index in [-0.39, 0.29) is 13.1 Å². The minimum atomic E-state index is -5.11. The smallest absolute Gasteiger partial charge is 0.433 e. The fourth-order valence-corrected chi connectivity index (χ4v) is 1.93. The molecule has 0 bridgehead atoms. The minimum Gasteiger partial charge on any atom is -0.433 e. The quantitative estimate of drug-likeness (QED) is 0.615. The van der Waals surface area contributed by atoms with Crippen molar-refractivity contribution in [2.24, 2.45) is 0 Å². The Bertz CT molecular complexity index is 635. The van der Waals surface area contributed by atoms with Crippen molar-refractivity contribution >= 4 is 11.9 Å². The third-order valence-corrected chi connectivity index (χ3v) is 3.02. The van der Waals surface area contributed by atoms with E-state index in [0.29, 0.717) is 12.1 Å². The molecular formula is C15H13F3N2O3. The van der Waals surface area contributed by atoms with E-state index in [9.17, 15) is 22.8 Å². The highest BCUT2D eigenvalue weighted by Gasteiger charge is 2.43. The summed E-state index contributed by atoms with van der Waals surface area (Å²) in [5, 5.41) is 2.76. The van der Waals surface area contributed by atoms with E-state index in [0.717, 1.165) is 4.90 Å². The Balaban J connectivity index is 2.07. The summed E-state index contributed by atoms with van der Waals surface area (Å²) in [5.41, 5.74) is 0.597. The van der Waals surface area contributed by atoms with Crippen LogP contribution in [0.1, 0.15) is 5.56 Å². The summed E-state index contributed by atoms with van der Waals surface area (Å²) in [6, 6.07) is 8.66. The van der Waals surface area contributed by atoms with Crippen LogP contribution in [0.2, 0.25) is 0 Å². The van der Waals surface area contributed by atoms with Crippen molar-refractivity contribution in [3.63, 3.8) is 0 Å². The Kier molecular flexibility index (Phi) is 5.24. The molecule has 122 valence electrons. The van der Waals surface area contributed by atoms with E-state index in [4.69, 9.17) is 0 Å². The summed E-state index contributed by atoms with van der Waals surface area (Å²) in [6.45, 7) is 0.386. The van der Waals surface area contributed by atoms with E-state index < -0.39 is 24.3 Å². The molecular weight excluding hydrogens is 313 g/mol. The molecule has 1 saturated heterocycles. The van der Waals surface area contributed by atoms with Gasteiger partial charge in [0.15, 0.2) is 6.23 Å². The van der Waals surface area contributed by atoms with Crippen LogP contribution in [-0.2, 0) is 14.3 Å². The molecule has 1 amide bonds. The van der Waals surface area contributed by atoms with Crippen molar-refractivity contribution < 1.29 is 27.5 Å². The number of halogens is 3. The number of carbonyl (C=O) groups is 2. The van der Waals surface area contributed by atoms with Gasteiger partial charge in [0.05, 0.1) is 6.54 Å². The van der Waals surface area contributed by atoms with Gasteiger partial charge in [0.1, 0.15) is 0 Å². The topological polar surface area (TPSA) is 58.6 Å². The highest BCUT2D eigenvalue weighted by Crippen LogP contribution is 2.19. The third kappa shape index (κ3) is 4.72. The molecule has 0 aromatic heterocycles. The average molecular weight is 326 g/mol. The first kappa shape index (κ1) is 16.8. The SMILES string of the molecule is O=C(C#Cc1ccccc1)N1CCNCC1OC(=O)C(F)(F)F. The molecule has 2 rings (SSSR count). The standard InChI is InChI=1S/C15H13F3N2O3/c16-15(17,18)14(22)23-13-10-19-8-9-20(13)12(21)7-6-11-4-2-1-3-5-11/h1-5,13,19H,8-10H2. The van der Waals surface area contributed by atoms with E-state index in [1.54, 1.807) is 30.3 Å². The number of nitrogens with zero attached hydrogens (tertiary/aromatic N) is 1. The average Bonchev–Trinajstić information content (AvgIpc) is 2.53. The summed E-state index contributed by atoms with van der Waals surface area (Å²) in [5.74, 6) is 1.94. The number of alkyl halides is 3. The number of carbonyl (C=O) groups excluding carboxylic acids is 2. The molecule has 1 heterocycles. The van der Waals surface area contributed by atoms with Crippen molar-refractivity contribution in [2.75, 3.05) is 19.6 Å². The van der Waals surface area contributed by atoms with Gasteiger partial charge in [-0.2, -0.15) is 13.2 Å². The van der Waals surface area contributed by atoms with Crippen LogP contribution < -0.4 is 5.32 Å². The molecule has 0 radical (unpaired) electrons. The van der Waals surface area contributed by atoms with Crippen molar-refractivity contribution in [2.45, 2.75) is 12.4 Å². The van der Waals surface area contributed by atoms with Gasteiger partial charge in [-0.1, -0.05) is 24.1 Å². The zero-order valence-corrected chi connectivity index (χ0v) is 11.9. The highest BCUT2D eigenvalue weighted by molar-refractivity contribution is 5.94. The number of benzene rings is 1. The van der Waals surface area contributed by atoms with Gasteiger partial charge in [0.25, 0.3) is 0 Å². The number of nitrogens with one attached hydrogen (secondary N) is 1. The van der Waals surface area contributed by atoms with Crippen LogP contribution >= 0.6 is 0 Å². The van der Waals surface area contributed by atoms with Crippen LogP contribution in [0.5, 0.6) is 0 Å². The first-order valence-corrected chi connectivity index (χ1v) is 6.74. The molecule has 1 atom stereocenters. The van der Waals surface area contributed by atoms with Crippen LogP contribution in [0.4, 0.5) is 13.2 Å². The Hall–Kier alpha value is -2.53. The van der Waals surface area contributed by atoms with Gasteiger partial charge in [-0.25, -0.2) is 4.79 Å². The van der Waals surface area contributed by atoms with Crippen molar-refractivity contribution in [1.29, 1.82) is 0 Å². The Labute approximate surface area is 130 Å². The van der Waals surface area contributed by atoms with E-state index in [1.807, 2.05) is 0 Å². The number of amides is 1. The molecule has 0 aliphatic carbocycles. The molecule has 1 aromatic carbocycles. The molecule has 0 saturated carbocycles. The van der Waals surface area contributed by atoms with Gasteiger partial charge >= 0.3 is 18.1 Å². The van der Waals surface area contributed by atoms with Gasteiger partial charge in [-0.05, 0) is 12.1 Å². The number of ether oxygens (including phenoxy) is 1. The molecule has 1 fully saturated rings. The molecule has 1 N–H and O–H groups in total. The maximum absolute atomic E-state index is 12.3. The number of esters is 1. The lowest BCUT2D eigenvalue weighted by Crippen LogP contribution is -2.55. The number of piperazine rings is 1. The predicted octanol–water partition coefficient (Wildman–Crippen LogP) is 0.901. The second-order valence-corrected chi connectivity index (χ2v) is 4.68. The van der Waals surface area contributed by atoms with Gasteiger partial charge in [-0.15, -0.1) is 0 Å². The second-order valence-electron chi connectivity index (χ2n) is 4.68. The van der Waals surface area contributed by atoms with Crippen molar-refractivity contribution in [3.8, 4) is 11.8 Å². The first-order chi connectivity index (χ1) is 10.9. The van der Waals surface area contributed by atoms with Crippen LogP contribution in [0, 0.1) is 11.8 Å². The Morgan fingerprint density at radius 1 is 1.26 bits per heavy atom. The highest BCUT2D eigenvalue weighted by atomic mass is 19.4. The van der Waals surface area contributed by atoms with E-state index >= 15 is 0 Å². The summed E-state index contributed by atoms with van der Waals surface area (Å²) < 4.78 is 41.2. The Morgan fingerprint density at radius 3 is 2.61 bits per heavy atom. The van der Waals surface area contributed by atoms with Gasteiger partial charge in [-0.3, -0.25) is 9.69 Å². The number of hydrogen-bond acceptors (Lipinski definition) is 4. The monoisotopic (exact) mass is 326 g/mol. The minimum absolute atomic E-state index is 0.0828. The molecule has 1 unspecified atom stereocenters. The van der Waals surface area contributed by atoms with E-state index in [1.165, 1.54) is 0 Å². The molecule has 1 aliphatic rings. The summed E-state index contributed by atoms with van der Waals surface area (Å²) in [4.78, 5) is 24.0. The van der Waals surface area contributed by atoms with Crippen molar-refractivity contribution in [1.82, 2.24) is 10.2 Å². The predicted molar refractivity (Wildman–Crippen MR) is 73.8 cm³/mol. The normalized spacial score (nSPS) is 17.9. The van der Waals surface area contributed by atoms with Crippen LogP contribution in [0.3, 0.4) is 0 Å². The lowest BCUT2D eigenvalue weighted by atomic mass is 10.2. The van der Waals surface area contributed by atoms with E-state index in [2.05, 4.69) is 21.9 Å². The largest absolute Gasteiger partial charge is 0.491 e. The fourth-order valence-electron chi connectivity index (χ4n) is 1.93. The van der Waals surface area contributed by atoms with Crippen molar-refractivity contribution in [3.05, 3.63) is 35.9 Å². The first-order valence-electron chi connectivity index (χ1n) is 6.74. The summed E-state index contributed by atoms with van der Waals surface area (Å²) >= 11 is 0.